The third-order valence-corrected chi connectivity index (χ3v) is 5.63. The molecular formula is C19H26N4O. The summed E-state index contributed by atoms with van der Waals surface area (Å²) in [7, 11) is 0. The van der Waals surface area contributed by atoms with Crippen LogP contribution in [0.5, 0.6) is 0 Å². The molecule has 1 aliphatic carbocycles. The van der Waals surface area contributed by atoms with Crippen molar-refractivity contribution in [2.24, 2.45) is 0 Å². The molecule has 4 rings (SSSR count). The van der Waals surface area contributed by atoms with Crippen molar-refractivity contribution in [3.05, 3.63) is 35.5 Å². The molecule has 2 N–H and O–H groups in total. The minimum Gasteiger partial charge on any atom is -0.324 e. The molecule has 1 fully saturated rings. The van der Waals surface area contributed by atoms with Gasteiger partial charge in [-0.2, -0.15) is 0 Å². The molecule has 0 saturated carbocycles. The van der Waals surface area contributed by atoms with Crippen molar-refractivity contribution in [1.29, 1.82) is 0 Å². The predicted octanol–water partition coefficient (Wildman–Crippen LogP) is 3.04. The van der Waals surface area contributed by atoms with E-state index in [1.165, 1.54) is 29.4 Å². The summed E-state index contributed by atoms with van der Waals surface area (Å²) in [6, 6.07) is 7.00. The first-order valence-corrected chi connectivity index (χ1v) is 9.15. The summed E-state index contributed by atoms with van der Waals surface area (Å²) in [5.74, 6) is 0.601. The van der Waals surface area contributed by atoms with Crippen LogP contribution >= 0.6 is 0 Å². The molecule has 5 nitrogen and oxygen atoms in total. The minimum absolute atomic E-state index is 0.0383. The first kappa shape index (κ1) is 15.5. The van der Waals surface area contributed by atoms with Crippen molar-refractivity contribution in [3.63, 3.8) is 0 Å². The first-order valence-electron chi connectivity index (χ1n) is 9.15. The summed E-state index contributed by atoms with van der Waals surface area (Å²) in [6.07, 6.45) is 5.66. The van der Waals surface area contributed by atoms with Gasteiger partial charge in [-0.05, 0) is 56.8 Å². The van der Waals surface area contributed by atoms with E-state index in [4.69, 9.17) is 0 Å². The normalized spacial score (nSPS) is 22.2. The van der Waals surface area contributed by atoms with Crippen molar-refractivity contribution in [1.82, 2.24) is 14.9 Å². The zero-order valence-electron chi connectivity index (χ0n) is 14.5. The summed E-state index contributed by atoms with van der Waals surface area (Å²) in [5.41, 5.74) is 6.97. The summed E-state index contributed by atoms with van der Waals surface area (Å²) < 4.78 is 1.92. The summed E-state index contributed by atoms with van der Waals surface area (Å²) in [6.45, 7) is 6.56. The maximum atomic E-state index is 12.4. The van der Waals surface area contributed by atoms with Gasteiger partial charge >= 0.3 is 6.03 Å². The molecule has 128 valence electrons. The number of aromatic nitrogens is 1. The lowest BCUT2D eigenvalue weighted by Crippen LogP contribution is -2.43. The lowest BCUT2D eigenvalue weighted by atomic mass is 9.76. The van der Waals surface area contributed by atoms with Crippen molar-refractivity contribution < 1.29 is 4.79 Å². The molecule has 2 amide bonds. The fourth-order valence-electron chi connectivity index (χ4n) is 4.42. The predicted molar refractivity (Wildman–Crippen MR) is 97.1 cm³/mol. The topological polar surface area (TPSA) is 49.3 Å². The number of carbonyl (C=O) groups is 1. The van der Waals surface area contributed by atoms with Gasteiger partial charge in [-0.1, -0.05) is 12.1 Å². The van der Waals surface area contributed by atoms with E-state index in [9.17, 15) is 4.79 Å². The van der Waals surface area contributed by atoms with E-state index in [0.29, 0.717) is 25.0 Å². The zero-order chi connectivity index (χ0) is 16.7. The Bertz CT molecular complexity index is 762. The number of piperidine rings is 1. The van der Waals surface area contributed by atoms with E-state index < -0.39 is 0 Å². The van der Waals surface area contributed by atoms with E-state index in [1.807, 2.05) is 18.5 Å². The number of benzene rings is 1. The molecule has 2 aromatic rings. The Hall–Kier alpha value is -2.01. The smallest absolute Gasteiger partial charge is 0.324 e. The van der Waals surface area contributed by atoms with Gasteiger partial charge in [0.25, 0.3) is 0 Å². The second-order valence-corrected chi connectivity index (χ2v) is 6.87. The number of nitrogens with zero attached hydrogens (tertiary/aromatic N) is 2. The van der Waals surface area contributed by atoms with E-state index in [0.717, 1.165) is 18.5 Å². The van der Waals surface area contributed by atoms with Crippen LogP contribution in [0.2, 0.25) is 0 Å². The highest BCUT2D eigenvalue weighted by Crippen LogP contribution is 2.41. The van der Waals surface area contributed by atoms with Gasteiger partial charge in [-0.3, -0.25) is 4.68 Å². The maximum Gasteiger partial charge on any atom is 0.336 e. The molecule has 1 aromatic carbocycles. The Morgan fingerprint density at radius 2 is 2.21 bits per heavy atom. The van der Waals surface area contributed by atoms with Crippen molar-refractivity contribution >= 4 is 16.9 Å². The summed E-state index contributed by atoms with van der Waals surface area (Å²) in [5, 5.41) is 5.04. The van der Waals surface area contributed by atoms with Crippen LogP contribution in [0.1, 0.15) is 43.7 Å². The van der Waals surface area contributed by atoms with Crippen LogP contribution in [0.15, 0.2) is 24.4 Å². The number of hydrogen-bond donors (Lipinski definition) is 2. The van der Waals surface area contributed by atoms with Gasteiger partial charge in [-0.25, -0.2) is 10.2 Å². The van der Waals surface area contributed by atoms with Gasteiger partial charge in [-0.15, -0.1) is 0 Å². The molecule has 2 atom stereocenters. The molecule has 1 saturated heterocycles. The van der Waals surface area contributed by atoms with Crippen LogP contribution in [0.25, 0.3) is 10.9 Å². The molecule has 2 heterocycles. The Morgan fingerprint density at radius 1 is 1.38 bits per heavy atom. The average Bonchev–Trinajstić information content (AvgIpc) is 2.95. The van der Waals surface area contributed by atoms with E-state index in [-0.39, 0.29) is 6.03 Å². The quantitative estimate of drug-likeness (QED) is 0.911. The molecule has 1 aromatic heterocycles. The molecule has 1 aliphatic heterocycles. The highest BCUT2D eigenvalue weighted by atomic mass is 16.2. The SMILES string of the molecule is CCN(CC)C(=O)Nn1cc2c3c(cccc31)[C@H]1CCCN[C@@H]1C2. The Morgan fingerprint density at radius 3 is 3.00 bits per heavy atom. The Balaban J connectivity index is 1.73. The molecule has 0 unspecified atom stereocenters. The molecular weight excluding hydrogens is 300 g/mol. The first-order chi connectivity index (χ1) is 11.7. The molecule has 0 bridgehead atoms. The van der Waals surface area contributed by atoms with E-state index in [1.54, 1.807) is 4.90 Å². The fraction of sp³-hybridized carbons (Fsp3) is 0.526. The number of carbonyl (C=O) groups excluding carboxylic acids is 1. The lowest BCUT2D eigenvalue weighted by molar-refractivity contribution is 0.214. The number of nitrogens with one attached hydrogen (secondary N) is 2. The fourth-order valence-corrected chi connectivity index (χ4v) is 4.42. The Labute approximate surface area is 143 Å². The second kappa shape index (κ2) is 6.13. The number of hydrogen-bond acceptors (Lipinski definition) is 2. The largest absolute Gasteiger partial charge is 0.336 e. The summed E-state index contributed by atoms with van der Waals surface area (Å²) >= 11 is 0. The standard InChI is InChI=1S/C19H26N4O/c1-3-22(4-2)19(24)21-23-12-13-11-16-14(8-6-10-20-16)15-7-5-9-17(23)18(13)15/h5,7,9,12,14,16,20H,3-4,6,8,10-11H2,1-2H3,(H,21,24)/t14-,16-/m1/s1. The van der Waals surface area contributed by atoms with Crippen LogP contribution in [0.4, 0.5) is 4.79 Å². The maximum absolute atomic E-state index is 12.4. The summed E-state index contributed by atoms with van der Waals surface area (Å²) in [4.78, 5) is 14.3. The van der Waals surface area contributed by atoms with Crippen LogP contribution in [0.3, 0.4) is 0 Å². The van der Waals surface area contributed by atoms with Crippen LogP contribution in [0, 0.1) is 0 Å². The zero-order valence-corrected chi connectivity index (χ0v) is 14.5. The monoisotopic (exact) mass is 326 g/mol. The van der Waals surface area contributed by atoms with Gasteiger partial charge in [0, 0.05) is 36.6 Å². The molecule has 2 aliphatic rings. The Kier molecular flexibility index (Phi) is 3.96. The number of rotatable bonds is 3. The molecule has 24 heavy (non-hydrogen) atoms. The van der Waals surface area contributed by atoms with Gasteiger partial charge in [0.15, 0.2) is 0 Å². The van der Waals surface area contributed by atoms with Crippen molar-refractivity contribution in [3.8, 4) is 0 Å². The second-order valence-electron chi connectivity index (χ2n) is 6.87. The highest BCUT2D eigenvalue weighted by Gasteiger charge is 2.33. The third kappa shape index (κ3) is 2.38. The van der Waals surface area contributed by atoms with Crippen molar-refractivity contribution in [2.45, 2.75) is 45.1 Å². The van der Waals surface area contributed by atoms with Gasteiger partial charge in [0.1, 0.15) is 0 Å². The lowest BCUT2D eigenvalue weighted by Gasteiger charge is -2.36. The van der Waals surface area contributed by atoms with Gasteiger partial charge in [0.05, 0.1) is 5.52 Å². The van der Waals surface area contributed by atoms with Crippen LogP contribution < -0.4 is 10.7 Å². The average molecular weight is 326 g/mol. The minimum atomic E-state index is -0.0383. The van der Waals surface area contributed by atoms with Crippen LogP contribution in [-0.4, -0.2) is 41.3 Å². The van der Waals surface area contributed by atoms with E-state index >= 15 is 0 Å². The van der Waals surface area contributed by atoms with Gasteiger partial charge in [0.2, 0.25) is 0 Å². The van der Waals surface area contributed by atoms with Gasteiger partial charge < -0.3 is 10.2 Å². The van der Waals surface area contributed by atoms with E-state index in [2.05, 4.69) is 35.1 Å². The highest BCUT2D eigenvalue weighted by molar-refractivity contribution is 5.92. The number of fused-ring (bicyclic) bond motifs is 2. The van der Waals surface area contributed by atoms with Crippen LogP contribution in [-0.2, 0) is 6.42 Å². The molecule has 0 radical (unpaired) electrons. The number of amides is 2. The number of urea groups is 1. The van der Waals surface area contributed by atoms with Crippen molar-refractivity contribution in [2.75, 3.05) is 25.1 Å². The molecule has 0 spiro atoms. The molecule has 5 heteroatoms. The third-order valence-electron chi connectivity index (χ3n) is 5.63.